The van der Waals surface area contributed by atoms with Crippen LogP contribution in [0.2, 0.25) is 0 Å². The van der Waals surface area contributed by atoms with E-state index in [2.05, 4.69) is 59.0 Å². The van der Waals surface area contributed by atoms with E-state index in [0.29, 0.717) is 6.54 Å². The molecule has 2 aromatic rings. The molecule has 0 atom stereocenters. The van der Waals surface area contributed by atoms with E-state index in [4.69, 9.17) is 9.98 Å². The fourth-order valence-electron chi connectivity index (χ4n) is 3.34. The number of nitrogens with one attached hydrogen (secondary N) is 2. The van der Waals surface area contributed by atoms with Crippen molar-refractivity contribution >= 4 is 22.4 Å². The molecule has 0 amide bonds. The molecule has 0 unspecified atom stereocenters. The highest BCUT2D eigenvalue weighted by atomic mass is 32.1. The summed E-state index contributed by atoms with van der Waals surface area (Å²) in [4.78, 5) is 12.0. The second-order valence-corrected chi connectivity index (χ2v) is 7.65. The smallest absolute Gasteiger partial charge is 0.191 e. The monoisotopic (exact) mass is 385 g/mol. The van der Waals surface area contributed by atoms with Gasteiger partial charge in [0.25, 0.3) is 0 Å². The van der Waals surface area contributed by atoms with E-state index < -0.39 is 0 Å². The second kappa shape index (κ2) is 10.3. The summed E-state index contributed by atoms with van der Waals surface area (Å²) < 4.78 is 0. The van der Waals surface area contributed by atoms with Crippen molar-refractivity contribution in [2.24, 2.45) is 4.99 Å². The van der Waals surface area contributed by atoms with E-state index in [-0.39, 0.29) is 0 Å². The lowest BCUT2D eigenvalue weighted by Gasteiger charge is -2.13. The number of aliphatic imine (C=N–C) groups is 1. The van der Waals surface area contributed by atoms with Crippen molar-refractivity contribution in [3.05, 3.63) is 46.5 Å². The second-order valence-electron chi connectivity index (χ2n) is 6.81. The lowest BCUT2D eigenvalue weighted by Crippen LogP contribution is -2.38. The van der Waals surface area contributed by atoms with Crippen molar-refractivity contribution < 1.29 is 0 Å². The highest BCUT2D eigenvalue weighted by molar-refractivity contribution is 7.13. The molecule has 2 N–H and O–H groups in total. The molecule has 0 radical (unpaired) electrons. The third-order valence-corrected chi connectivity index (χ3v) is 5.79. The fourth-order valence-corrected chi connectivity index (χ4v) is 4.25. The van der Waals surface area contributed by atoms with Gasteiger partial charge in [-0.2, -0.15) is 0 Å². The van der Waals surface area contributed by atoms with E-state index in [1.165, 1.54) is 34.8 Å². The van der Waals surface area contributed by atoms with Gasteiger partial charge in [-0.05, 0) is 37.3 Å². The third kappa shape index (κ3) is 5.70. The first kappa shape index (κ1) is 19.7. The van der Waals surface area contributed by atoms with Crippen molar-refractivity contribution in [2.45, 2.75) is 46.1 Å². The van der Waals surface area contributed by atoms with Gasteiger partial charge in [0.15, 0.2) is 11.1 Å². The van der Waals surface area contributed by atoms with Gasteiger partial charge in [-0.1, -0.05) is 31.2 Å². The minimum Gasteiger partial charge on any atom is -0.357 e. The van der Waals surface area contributed by atoms with Gasteiger partial charge in [0.2, 0.25) is 0 Å². The number of hydrogen-bond donors (Lipinski definition) is 2. The van der Waals surface area contributed by atoms with E-state index in [9.17, 15) is 0 Å². The maximum Gasteiger partial charge on any atom is 0.191 e. The highest BCUT2D eigenvalue weighted by Crippen LogP contribution is 2.24. The summed E-state index contributed by atoms with van der Waals surface area (Å²) in [6, 6.07) is 8.54. The van der Waals surface area contributed by atoms with Crippen LogP contribution >= 0.6 is 11.3 Å². The Balaban J connectivity index is 1.52. The summed E-state index contributed by atoms with van der Waals surface area (Å²) in [6.07, 6.45) is 4.54. The van der Waals surface area contributed by atoms with Crippen LogP contribution in [0.4, 0.5) is 5.13 Å². The van der Waals surface area contributed by atoms with Crippen LogP contribution in [0.5, 0.6) is 0 Å². The van der Waals surface area contributed by atoms with Crippen molar-refractivity contribution in [3.8, 4) is 0 Å². The van der Waals surface area contributed by atoms with E-state index >= 15 is 0 Å². The number of guanidine groups is 1. The molecule has 1 fully saturated rings. The van der Waals surface area contributed by atoms with Gasteiger partial charge in [0.1, 0.15) is 0 Å². The molecule has 0 spiro atoms. The molecule has 1 saturated heterocycles. The summed E-state index contributed by atoms with van der Waals surface area (Å²) in [5.41, 5.74) is 3.84. The van der Waals surface area contributed by atoms with Gasteiger partial charge in [-0.15, -0.1) is 11.3 Å². The first-order valence-corrected chi connectivity index (χ1v) is 11.0. The molecule has 1 aliphatic heterocycles. The Bertz CT molecular complexity index is 734. The SMILES string of the molecule is CCNC(=NCc1ccccc1CC)NCCc1csc(N2CCCC2)n1. The zero-order chi connectivity index (χ0) is 18.9. The van der Waals surface area contributed by atoms with Crippen LogP contribution in [0.3, 0.4) is 0 Å². The van der Waals surface area contributed by atoms with Gasteiger partial charge < -0.3 is 15.5 Å². The normalized spacial score (nSPS) is 14.6. The first-order valence-electron chi connectivity index (χ1n) is 10.1. The summed E-state index contributed by atoms with van der Waals surface area (Å²) >= 11 is 1.77. The molecule has 3 rings (SSSR count). The molecule has 0 bridgehead atoms. The number of benzene rings is 1. The highest BCUT2D eigenvalue weighted by Gasteiger charge is 2.15. The van der Waals surface area contributed by atoms with Crippen molar-refractivity contribution in [2.75, 3.05) is 31.1 Å². The van der Waals surface area contributed by atoms with Gasteiger partial charge in [-0.3, -0.25) is 0 Å². The predicted octanol–water partition coefficient (Wildman–Crippen LogP) is 3.60. The average molecular weight is 386 g/mol. The summed E-state index contributed by atoms with van der Waals surface area (Å²) in [5.74, 6) is 0.874. The molecule has 1 aromatic heterocycles. The molecule has 2 heterocycles. The van der Waals surface area contributed by atoms with Crippen molar-refractivity contribution in [1.82, 2.24) is 15.6 Å². The standard InChI is InChI=1S/C21H31N5S/c1-3-17-9-5-6-10-18(17)15-24-20(22-4-2)23-12-11-19-16-27-21(25-19)26-13-7-8-14-26/h5-6,9-10,16H,3-4,7-8,11-15H2,1-2H3,(H2,22,23,24). The molecule has 146 valence electrons. The van der Waals surface area contributed by atoms with Gasteiger partial charge in [-0.25, -0.2) is 9.98 Å². The number of nitrogens with zero attached hydrogens (tertiary/aromatic N) is 3. The predicted molar refractivity (Wildman–Crippen MR) is 116 cm³/mol. The Morgan fingerprint density at radius 1 is 1.15 bits per heavy atom. The van der Waals surface area contributed by atoms with E-state index in [1.807, 2.05) is 0 Å². The van der Waals surface area contributed by atoms with Crippen LogP contribution in [-0.4, -0.2) is 37.1 Å². The Morgan fingerprint density at radius 3 is 2.67 bits per heavy atom. The number of hydrogen-bond acceptors (Lipinski definition) is 4. The van der Waals surface area contributed by atoms with Crippen LogP contribution in [0.1, 0.15) is 43.5 Å². The summed E-state index contributed by atoms with van der Waals surface area (Å²) in [5, 5.41) is 10.2. The van der Waals surface area contributed by atoms with Crippen LogP contribution in [0.25, 0.3) is 0 Å². The zero-order valence-electron chi connectivity index (χ0n) is 16.5. The number of thiazole rings is 1. The first-order chi connectivity index (χ1) is 13.3. The van der Waals surface area contributed by atoms with E-state index in [1.54, 1.807) is 11.3 Å². The molecule has 0 aliphatic carbocycles. The van der Waals surface area contributed by atoms with Crippen LogP contribution in [0.15, 0.2) is 34.6 Å². The lowest BCUT2D eigenvalue weighted by molar-refractivity contribution is 0.788. The molecular weight excluding hydrogens is 354 g/mol. The largest absolute Gasteiger partial charge is 0.357 e. The molecule has 0 saturated carbocycles. The van der Waals surface area contributed by atoms with Crippen LogP contribution < -0.4 is 15.5 Å². The minimum absolute atomic E-state index is 0.704. The molecule has 27 heavy (non-hydrogen) atoms. The Morgan fingerprint density at radius 2 is 1.93 bits per heavy atom. The van der Waals surface area contributed by atoms with Crippen LogP contribution in [-0.2, 0) is 19.4 Å². The zero-order valence-corrected chi connectivity index (χ0v) is 17.3. The number of aromatic nitrogens is 1. The lowest BCUT2D eigenvalue weighted by atomic mass is 10.1. The number of anilines is 1. The van der Waals surface area contributed by atoms with Gasteiger partial charge in [0.05, 0.1) is 12.2 Å². The summed E-state index contributed by atoms with van der Waals surface area (Å²) in [7, 11) is 0. The topological polar surface area (TPSA) is 52.6 Å². The Labute approximate surface area is 166 Å². The third-order valence-electron chi connectivity index (χ3n) is 4.84. The molecular formula is C21H31N5S. The quantitative estimate of drug-likeness (QED) is 0.538. The fraction of sp³-hybridized carbons (Fsp3) is 0.524. The van der Waals surface area contributed by atoms with Gasteiger partial charge in [0, 0.05) is 38.0 Å². The van der Waals surface area contributed by atoms with Crippen LogP contribution in [0, 0.1) is 0 Å². The summed E-state index contributed by atoms with van der Waals surface area (Å²) in [6.45, 7) is 9.00. The molecule has 6 heteroatoms. The maximum absolute atomic E-state index is 4.80. The molecule has 1 aromatic carbocycles. The Kier molecular flexibility index (Phi) is 7.51. The minimum atomic E-state index is 0.704. The maximum atomic E-state index is 4.80. The van der Waals surface area contributed by atoms with Crippen molar-refractivity contribution in [1.29, 1.82) is 0 Å². The van der Waals surface area contributed by atoms with Gasteiger partial charge >= 0.3 is 0 Å². The average Bonchev–Trinajstić information content (AvgIpc) is 3.38. The number of rotatable bonds is 8. The molecule has 5 nitrogen and oxygen atoms in total. The molecule has 1 aliphatic rings. The van der Waals surface area contributed by atoms with Crippen molar-refractivity contribution in [3.63, 3.8) is 0 Å². The number of aryl methyl sites for hydroxylation is 1. The van der Waals surface area contributed by atoms with E-state index in [0.717, 1.165) is 45.0 Å². The Hall–Kier alpha value is -2.08.